The first kappa shape index (κ1) is 10.0. The first-order valence-electron chi connectivity index (χ1n) is 5.47. The van der Waals surface area contributed by atoms with Crippen molar-refractivity contribution in [2.45, 2.75) is 12.8 Å². The third kappa shape index (κ3) is 1.80. The molecule has 0 atom stereocenters. The maximum Gasteiger partial charge on any atom is 0.158 e. The fourth-order valence-electron chi connectivity index (χ4n) is 2.02. The molecule has 1 aliphatic heterocycles. The Labute approximate surface area is 98.7 Å². The molecule has 1 aromatic carbocycles. The molecule has 0 aliphatic carbocycles. The van der Waals surface area contributed by atoms with E-state index >= 15 is 0 Å². The van der Waals surface area contributed by atoms with Crippen LogP contribution in [0.25, 0.3) is 0 Å². The van der Waals surface area contributed by atoms with Crippen LogP contribution in [-0.2, 0) is 12.8 Å². The van der Waals surface area contributed by atoms with Gasteiger partial charge in [0.05, 0.1) is 6.61 Å². The van der Waals surface area contributed by atoms with Crippen molar-refractivity contribution in [1.82, 2.24) is 14.9 Å². The van der Waals surface area contributed by atoms with Crippen LogP contribution in [0.15, 0.2) is 29.6 Å². The average Bonchev–Trinajstić information content (AvgIpc) is 2.96. The molecule has 3 rings (SSSR count). The third-order valence-electron chi connectivity index (χ3n) is 2.87. The Hall–Kier alpha value is -2.17. The lowest BCUT2D eigenvalue weighted by molar-refractivity contribution is 0.357. The molecule has 0 saturated heterocycles. The Morgan fingerprint density at radius 3 is 3.29 bits per heavy atom. The Balaban J connectivity index is 1.88. The smallest absolute Gasteiger partial charge is 0.158 e. The molecule has 17 heavy (non-hydrogen) atoms. The minimum Gasteiger partial charge on any atom is -0.493 e. The molecule has 5 heteroatoms. The van der Waals surface area contributed by atoms with Gasteiger partial charge in [0, 0.05) is 19.6 Å². The highest BCUT2D eigenvalue weighted by Gasteiger charge is 2.13. The quantitative estimate of drug-likeness (QED) is 0.743. The topological polar surface area (TPSA) is 52.3 Å². The average molecular weight is 228 g/mol. The second-order valence-electron chi connectivity index (χ2n) is 3.95. The molecular weight excluding hydrogens is 216 g/mol. The van der Waals surface area contributed by atoms with Gasteiger partial charge in [0.25, 0.3) is 0 Å². The summed E-state index contributed by atoms with van der Waals surface area (Å²) < 4.78 is 7.06. The van der Waals surface area contributed by atoms with Crippen LogP contribution >= 0.6 is 0 Å². The molecule has 0 spiro atoms. The first-order chi connectivity index (χ1) is 8.36. The summed E-state index contributed by atoms with van der Waals surface area (Å²) >= 11 is 0. The van der Waals surface area contributed by atoms with Gasteiger partial charge in [-0.05, 0) is 17.2 Å². The van der Waals surface area contributed by atoms with Crippen LogP contribution < -0.4 is 4.74 Å². The summed E-state index contributed by atoms with van der Waals surface area (Å²) in [6, 6.07) is 6.22. The molecule has 1 aliphatic rings. The number of benzene rings is 1. The van der Waals surface area contributed by atoms with Crippen LogP contribution in [0.5, 0.6) is 5.75 Å². The van der Waals surface area contributed by atoms with Crippen molar-refractivity contribution in [3.63, 3.8) is 0 Å². The van der Waals surface area contributed by atoms with Gasteiger partial charge in [-0.15, -0.1) is 10.2 Å². The Bertz CT molecular complexity index is 561. The molecule has 0 unspecified atom stereocenters. The highest BCUT2D eigenvalue weighted by atomic mass is 16.5. The Morgan fingerprint density at radius 2 is 2.41 bits per heavy atom. The van der Waals surface area contributed by atoms with Crippen molar-refractivity contribution < 1.29 is 4.74 Å². The van der Waals surface area contributed by atoms with Crippen molar-refractivity contribution in [2.75, 3.05) is 6.61 Å². The lowest BCUT2D eigenvalue weighted by Crippen LogP contribution is -1.98. The van der Waals surface area contributed by atoms with Crippen LogP contribution in [0.4, 0.5) is 0 Å². The molecule has 0 N–H and O–H groups in total. The van der Waals surface area contributed by atoms with Crippen LogP contribution in [0.1, 0.15) is 17.0 Å². The molecule has 5 nitrogen and oxygen atoms in total. The molecule has 0 radical (unpaired) electrons. The van der Waals surface area contributed by atoms with Gasteiger partial charge in [0.15, 0.2) is 5.82 Å². The molecular formula is C12H12N4O. The predicted octanol–water partition coefficient (Wildman–Crippen LogP) is 1.27. The molecule has 0 saturated carbocycles. The largest absolute Gasteiger partial charge is 0.493 e. The van der Waals surface area contributed by atoms with Crippen molar-refractivity contribution >= 4 is 6.72 Å². The highest BCUT2D eigenvalue weighted by molar-refractivity contribution is 5.40. The van der Waals surface area contributed by atoms with Gasteiger partial charge in [-0.25, -0.2) is 4.68 Å². The first-order valence-corrected chi connectivity index (χ1v) is 5.47. The second kappa shape index (κ2) is 4.01. The summed E-state index contributed by atoms with van der Waals surface area (Å²) in [5.74, 6) is 1.79. The number of ether oxygens (including phenoxy) is 1. The number of fused-ring (bicyclic) bond motifs is 1. The normalized spacial score (nSPS) is 13.2. The maximum atomic E-state index is 5.47. The SMILES string of the molecule is C=Nn1cnnc1Cc1ccc2c(c1)CCO2. The summed E-state index contributed by atoms with van der Waals surface area (Å²) in [4.78, 5) is 0. The molecule has 2 aromatic rings. The lowest BCUT2D eigenvalue weighted by Gasteiger charge is -2.03. The van der Waals surface area contributed by atoms with E-state index in [4.69, 9.17) is 4.74 Å². The minimum absolute atomic E-state index is 0.701. The van der Waals surface area contributed by atoms with Crippen molar-refractivity contribution in [2.24, 2.45) is 5.10 Å². The summed E-state index contributed by atoms with van der Waals surface area (Å²) in [7, 11) is 0. The predicted molar refractivity (Wildman–Crippen MR) is 63.4 cm³/mol. The van der Waals surface area contributed by atoms with Gasteiger partial charge >= 0.3 is 0 Å². The van der Waals surface area contributed by atoms with Crippen LogP contribution in [-0.4, -0.2) is 28.2 Å². The van der Waals surface area contributed by atoms with Gasteiger partial charge in [0.1, 0.15) is 12.1 Å². The molecule has 86 valence electrons. The number of hydrogen-bond acceptors (Lipinski definition) is 4. The zero-order chi connectivity index (χ0) is 11.7. The summed E-state index contributed by atoms with van der Waals surface area (Å²) in [6.07, 6.45) is 3.24. The maximum absolute atomic E-state index is 5.47. The van der Waals surface area contributed by atoms with E-state index in [2.05, 4.69) is 28.1 Å². The van der Waals surface area contributed by atoms with E-state index in [1.54, 1.807) is 11.0 Å². The van der Waals surface area contributed by atoms with Gasteiger partial charge in [-0.2, -0.15) is 5.10 Å². The zero-order valence-electron chi connectivity index (χ0n) is 9.33. The van der Waals surface area contributed by atoms with E-state index in [0.717, 1.165) is 24.6 Å². The van der Waals surface area contributed by atoms with E-state index in [1.165, 1.54) is 11.1 Å². The fourth-order valence-corrected chi connectivity index (χ4v) is 2.02. The minimum atomic E-state index is 0.701. The monoisotopic (exact) mass is 228 g/mol. The molecule has 1 aromatic heterocycles. The van der Waals surface area contributed by atoms with E-state index in [-0.39, 0.29) is 0 Å². The Morgan fingerprint density at radius 1 is 1.47 bits per heavy atom. The second-order valence-corrected chi connectivity index (χ2v) is 3.95. The summed E-state index contributed by atoms with van der Waals surface area (Å²) in [5.41, 5.74) is 2.45. The van der Waals surface area contributed by atoms with E-state index in [1.807, 2.05) is 12.1 Å². The number of aromatic nitrogens is 3. The van der Waals surface area contributed by atoms with Gasteiger partial charge in [-0.3, -0.25) is 0 Å². The van der Waals surface area contributed by atoms with Crippen molar-refractivity contribution in [1.29, 1.82) is 0 Å². The number of rotatable bonds is 3. The Kier molecular flexibility index (Phi) is 2.36. The van der Waals surface area contributed by atoms with Gasteiger partial charge < -0.3 is 4.74 Å². The molecule has 0 bridgehead atoms. The van der Waals surface area contributed by atoms with E-state index in [0.29, 0.717) is 6.42 Å². The third-order valence-corrected chi connectivity index (χ3v) is 2.87. The number of nitrogens with zero attached hydrogens (tertiary/aromatic N) is 4. The number of hydrogen-bond donors (Lipinski definition) is 0. The summed E-state index contributed by atoms with van der Waals surface area (Å²) in [6.45, 7) is 4.26. The zero-order valence-corrected chi connectivity index (χ0v) is 9.33. The van der Waals surface area contributed by atoms with E-state index < -0.39 is 0 Å². The lowest BCUT2D eigenvalue weighted by atomic mass is 10.1. The molecule has 0 fully saturated rings. The van der Waals surface area contributed by atoms with Crippen LogP contribution in [0.3, 0.4) is 0 Å². The van der Waals surface area contributed by atoms with E-state index in [9.17, 15) is 0 Å². The molecule has 0 amide bonds. The fraction of sp³-hybridized carbons (Fsp3) is 0.250. The summed E-state index contributed by atoms with van der Waals surface area (Å²) in [5, 5.41) is 11.7. The van der Waals surface area contributed by atoms with Crippen LogP contribution in [0, 0.1) is 0 Å². The van der Waals surface area contributed by atoms with Crippen LogP contribution in [0.2, 0.25) is 0 Å². The van der Waals surface area contributed by atoms with Crippen molar-refractivity contribution in [3.8, 4) is 5.75 Å². The van der Waals surface area contributed by atoms with Gasteiger partial charge in [0.2, 0.25) is 0 Å². The standard InChI is InChI=1S/C12H12N4O/c1-13-16-8-14-15-12(16)7-9-2-3-11-10(6-9)4-5-17-11/h2-3,6,8H,1,4-5,7H2. The van der Waals surface area contributed by atoms with Crippen molar-refractivity contribution in [3.05, 3.63) is 41.5 Å². The highest BCUT2D eigenvalue weighted by Crippen LogP contribution is 2.26. The molecule has 2 heterocycles. The van der Waals surface area contributed by atoms with Gasteiger partial charge in [-0.1, -0.05) is 12.1 Å².